The van der Waals surface area contributed by atoms with Crippen LogP contribution in [0.25, 0.3) is 11.0 Å². The fraction of sp³-hybridized carbons (Fsp3) is 0.222. The van der Waals surface area contributed by atoms with Crippen molar-refractivity contribution < 1.29 is 9.53 Å². The van der Waals surface area contributed by atoms with E-state index in [2.05, 4.69) is 30.2 Å². The predicted molar refractivity (Wildman–Crippen MR) is 90.8 cm³/mol. The highest BCUT2D eigenvalue weighted by atomic mass is 16.5. The van der Waals surface area contributed by atoms with E-state index in [0.717, 1.165) is 11.0 Å². The number of para-hydroxylation sites is 2. The second-order valence-electron chi connectivity index (χ2n) is 5.55. The maximum Gasteiger partial charge on any atom is 0.244 e. The standard InChI is InChI=1S/C18H19N3O2/c1-12-8-15-16(9-13(12)2)21(11-19-15)10-18(22)20-14-6-4-5-7-17(14)23-3/h4-9,11H,10H2,1-3H3,(H,20,22). The van der Waals surface area contributed by atoms with E-state index in [0.29, 0.717) is 11.4 Å². The lowest BCUT2D eigenvalue weighted by atomic mass is 10.1. The Hall–Kier alpha value is -2.82. The van der Waals surface area contributed by atoms with E-state index in [9.17, 15) is 4.79 Å². The molecule has 0 fully saturated rings. The quantitative estimate of drug-likeness (QED) is 0.804. The number of imidazole rings is 1. The van der Waals surface area contributed by atoms with E-state index in [1.54, 1.807) is 13.4 Å². The minimum atomic E-state index is -0.118. The summed E-state index contributed by atoms with van der Waals surface area (Å²) in [4.78, 5) is 16.7. The number of anilines is 1. The highest BCUT2D eigenvalue weighted by Gasteiger charge is 2.10. The molecule has 2 aromatic carbocycles. The number of fused-ring (bicyclic) bond motifs is 1. The van der Waals surface area contributed by atoms with Crippen molar-refractivity contribution in [3.63, 3.8) is 0 Å². The van der Waals surface area contributed by atoms with E-state index < -0.39 is 0 Å². The molecule has 1 aromatic heterocycles. The summed E-state index contributed by atoms with van der Waals surface area (Å²) in [5.74, 6) is 0.523. The van der Waals surface area contributed by atoms with Gasteiger partial charge >= 0.3 is 0 Å². The third-order valence-corrected chi connectivity index (χ3v) is 3.93. The van der Waals surface area contributed by atoms with Gasteiger partial charge < -0.3 is 14.6 Å². The normalized spacial score (nSPS) is 10.7. The number of hydrogen-bond donors (Lipinski definition) is 1. The van der Waals surface area contributed by atoms with Gasteiger partial charge in [0.1, 0.15) is 12.3 Å². The van der Waals surface area contributed by atoms with Crippen LogP contribution in [0.5, 0.6) is 5.75 Å². The Bertz CT molecular complexity index is 868. The molecule has 0 bridgehead atoms. The number of methoxy groups -OCH3 is 1. The number of nitrogens with one attached hydrogen (secondary N) is 1. The molecule has 0 aliphatic heterocycles. The molecule has 3 rings (SSSR count). The third kappa shape index (κ3) is 3.04. The summed E-state index contributed by atoms with van der Waals surface area (Å²) in [7, 11) is 1.58. The van der Waals surface area contributed by atoms with Gasteiger partial charge in [-0.15, -0.1) is 0 Å². The molecule has 3 aromatic rings. The average molecular weight is 309 g/mol. The monoisotopic (exact) mass is 309 g/mol. The van der Waals surface area contributed by atoms with Gasteiger partial charge in [0, 0.05) is 0 Å². The molecule has 0 atom stereocenters. The maximum atomic E-state index is 12.3. The summed E-state index contributed by atoms with van der Waals surface area (Å²) in [6, 6.07) is 11.5. The van der Waals surface area contributed by atoms with Gasteiger partial charge in [-0.1, -0.05) is 12.1 Å². The maximum absolute atomic E-state index is 12.3. The Morgan fingerprint density at radius 1 is 1.22 bits per heavy atom. The van der Waals surface area contributed by atoms with Crippen LogP contribution in [0.4, 0.5) is 5.69 Å². The number of rotatable bonds is 4. The van der Waals surface area contributed by atoms with Crippen LogP contribution in [-0.4, -0.2) is 22.6 Å². The Morgan fingerprint density at radius 3 is 2.74 bits per heavy atom. The summed E-state index contributed by atoms with van der Waals surface area (Å²) >= 11 is 0. The highest BCUT2D eigenvalue weighted by molar-refractivity contribution is 5.93. The van der Waals surface area contributed by atoms with E-state index in [4.69, 9.17) is 4.74 Å². The third-order valence-electron chi connectivity index (χ3n) is 3.93. The Kier molecular flexibility index (Phi) is 4.02. The number of aryl methyl sites for hydroxylation is 2. The lowest BCUT2D eigenvalue weighted by Gasteiger charge is -2.10. The molecule has 0 unspecified atom stereocenters. The molecule has 118 valence electrons. The molecule has 0 spiro atoms. The number of aromatic nitrogens is 2. The Balaban J connectivity index is 1.82. The number of carbonyl (C=O) groups excluding carboxylic acids is 1. The van der Waals surface area contributed by atoms with E-state index in [1.807, 2.05) is 34.9 Å². The number of benzene rings is 2. The summed E-state index contributed by atoms with van der Waals surface area (Å²) in [6.45, 7) is 4.32. The van der Waals surface area contributed by atoms with Gasteiger partial charge in [0.25, 0.3) is 0 Å². The van der Waals surface area contributed by atoms with Crippen LogP contribution in [0.3, 0.4) is 0 Å². The lowest BCUT2D eigenvalue weighted by Crippen LogP contribution is -2.18. The minimum Gasteiger partial charge on any atom is -0.495 e. The van der Waals surface area contributed by atoms with E-state index in [1.165, 1.54) is 11.1 Å². The lowest BCUT2D eigenvalue weighted by molar-refractivity contribution is -0.116. The molecular formula is C18H19N3O2. The summed E-state index contributed by atoms with van der Waals surface area (Å²) in [6.07, 6.45) is 1.70. The van der Waals surface area contributed by atoms with Gasteiger partial charge in [0.15, 0.2) is 0 Å². The predicted octanol–water partition coefficient (Wildman–Crippen LogP) is 3.30. The second kappa shape index (κ2) is 6.12. The number of carbonyl (C=O) groups is 1. The van der Waals surface area contributed by atoms with Crippen LogP contribution in [0.2, 0.25) is 0 Å². The summed E-state index contributed by atoms with van der Waals surface area (Å²) < 4.78 is 7.10. The van der Waals surface area contributed by atoms with Crippen molar-refractivity contribution in [2.24, 2.45) is 0 Å². The average Bonchev–Trinajstić information content (AvgIpc) is 2.90. The van der Waals surface area contributed by atoms with Crippen LogP contribution < -0.4 is 10.1 Å². The summed E-state index contributed by atoms with van der Waals surface area (Å²) in [5.41, 5.74) is 4.91. The highest BCUT2D eigenvalue weighted by Crippen LogP contribution is 2.23. The number of ether oxygens (including phenoxy) is 1. The van der Waals surface area contributed by atoms with Gasteiger partial charge in [-0.25, -0.2) is 4.98 Å². The first kappa shape index (κ1) is 15.1. The van der Waals surface area contributed by atoms with Gasteiger partial charge in [-0.3, -0.25) is 4.79 Å². The molecule has 0 radical (unpaired) electrons. The minimum absolute atomic E-state index is 0.118. The molecule has 0 saturated heterocycles. The molecule has 1 heterocycles. The zero-order valence-corrected chi connectivity index (χ0v) is 13.5. The second-order valence-corrected chi connectivity index (χ2v) is 5.55. The van der Waals surface area contributed by atoms with Crippen LogP contribution in [-0.2, 0) is 11.3 Å². The molecule has 23 heavy (non-hydrogen) atoms. The Morgan fingerprint density at radius 2 is 1.96 bits per heavy atom. The van der Waals surface area contributed by atoms with Crippen LogP contribution in [0.15, 0.2) is 42.7 Å². The molecule has 0 aliphatic rings. The van der Waals surface area contributed by atoms with Crippen molar-refractivity contribution in [3.05, 3.63) is 53.9 Å². The fourth-order valence-corrected chi connectivity index (χ4v) is 2.53. The molecule has 5 nitrogen and oxygen atoms in total. The number of amides is 1. The number of hydrogen-bond acceptors (Lipinski definition) is 3. The first-order valence-electron chi connectivity index (χ1n) is 7.43. The zero-order valence-electron chi connectivity index (χ0n) is 13.5. The van der Waals surface area contributed by atoms with Crippen molar-refractivity contribution in [3.8, 4) is 5.75 Å². The van der Waals surface area contributed by atoms with Gasteiger partial charge in [-0.2, -0.15) is 0 Å². The van der Waals surface area contributed by atoms with Crippen molar-refractivity contribution in [2.45, 2.75) is 20.4 Å². The fourth-order valence-electron chi connectivity index (χ4n) is 2.53. The van der Waals surface area contributed by atoms with Crippen molar-refractivity contribution in [1.82, 2.24) is 9.55 Å². The van der Waals surface area contributed by atoms with Gasteiger partial charge in [0.05, 0.1) is 30.2 Å². The molecule has 0 aliphatic carbocycles. The smallest absolute Gasteiger partial charge is 0.244 e. The molecule has 1 amide bonds. The van der Waals surface area contributed by atoms with Gasteiger partial charge in [-0.05, 0) is 49.2 Å². The van der Waals surface area contributed by atoms with Gasteiger partial charge in [0.2, 0.25) is 5.91 Å². The van der Waals surface area contributed by atoms with E-state index in [-0.39, 0.29) is 12.5 Å². The first-order chi connectivity index (χ1) is 11.1. The van der Waals surface area contributed by atoms with E-state index >= 15 is 0 Å². The largest absolute Gasteiger partial charge is 0.495 e. The Labute approximate surface area is 134 Å². The van der Waals surface area contributed by atoms with Crippen molar-refractivity contribution in [2.75, 3.05) is 12.4 Å². The van der Waals surface area contributed by atoms with Crippen molar-refractivity contribution >= 4 is 22.6 Å². The summed E-state index contributed by atoms with van der Waals surface area (Å²) in [5, 5.41) is 2.88. The van der Waals surface area contributed by atoms with Crippen molar-refractivity contribution in [1.29, 1.82) is 0 Å². The van der Waals surface area contributed by atoms with Crippen LogP contribution in [0, 0.1) is 13.8 Å². The molecule has 5 heteroatoms. The molecular weight excluding hydrogens is 290 g/mol. The van der Waals surface area contributed by atoms with Crippen LogP contribution >= 0.6 is 0 Å². The molecule has 0 saturated carbocycles. The first-order valence-corrected chi connectivity index (χ1v) is 7.43. The SMILES string of the molecule is COc1ccccc1NC(=O)Cn1cnc2cc(C)c(C)cc21. The topological polar surface area (TPSA) is 56.1 Å². The molecule has 1 N–H and O–H groups in total. The van der Waals surface area contributed by atoms with Crippen LogP contribution in [0.1, 0.15) is 11.1 Å². The zero-order chi connectivity index (χ0) is 16.4. The number of nitrogens with zero attached hydrogens (tertiary/aromatic N) is 2.